The van der Waals surface area contributed by atoms with Crippen molar-refractivity contribution in [1.82, 2.24) is 15.0 Å². The van der Waals surface area contributed by atoms with Crippen LogP contribution < -0.4 is 5.19 Å². The third-order valence-corrected chi connectivity index (χ3v) is 13.2. The van der Waals surface area contributed by atoms with Crippen molar-refractivity contribution in [3.63, 3.8) is 0 Å². The minimum absolute atomic E-state index is 0. The minimum atomic E-state index is -1.35. The van der Waals surface area contributed by atoms with E-state index in [0.29, 0.717) is 11.6 Å². The molecule has 4 aromatic heterocycles. The zero-order chi connectivity index (χ0) is 34.7. The number of hydrogen-bond acceptors (Lipinski definition) is 4. The Morgan fingerprint density at radius 2 is 1.61 bits per heavy atom. The average Bonchev–Trinajstić information content (AvgIpc) is 3.79. The molecule has 0 amide bonds. The largest absolute Gasteiger partial charge is 0.486 e. The summed E-state index contributed by atoms with van der Waals surface area (Å²) in [6, 6.07) is 29.7. The van der Waals surface area contributed by atoms with Gasteiger partial charge < -0.3 is 14.4 Å². The summed E-state index contributed by atoms with van der Waals surface area (Å²) in [5.41, 5.74) is 9.42. The summed E-state index contributed by atoms with van der Waals surface area (Å²) in [7, 11) is -1.35. The first-order valence-electron chi connectivity index (χ1n) is 18.9. The fourth-order valence-electron chi connectivity index (χ4n) is 8.24. The fourth-order valence-corrected chi connectivity index (χ4v) is 9.83. The van der Waals surface area contributed by atoms with E-state index in [9.17, 15) is 0 Å². The SMILES string of the molecule is C[Si](C)(C)c1cnc(-c2[c-]cccc2)cc1CC1CCCC1.Cc1ccc2c(n1)oc1c(-c3cc(C(C)C4CCCCC4)ccn3)[c-]ccc12.[Ir]. The van der Waals surface area contributed by atoms with Crippen molar-refractivity contribution < 1.29 is 24.5 Å². The van der Waals surface area contributed by atoms with Crippen molar-refractivity contribution in [2.24, 2.45) is 11.8 Å². The number of rotatable bonds is 7. The maximum atomic E-state index is 6.15. The predicted molar refractivity (Wildman–Crippen MR) is 210 cm³/mol. The van der Waals surface area contributed by atoms with E-state index in [0.717, 1.165) is 56.4 Å². The molecule has 2 aromatic carbocycles. The number of furan rings is 1. The number of benzene rings is 2. The Morgan fingerprint density at radius 3 is 2.35 bits per heavy atom. The average molecular weight is 870 g/mol. The van der Waals surface area contributed by atoms with Gasteiger partial charge in [0.25, 0.3) is 0 Å². The van der Waals surface area contributed by atoms with E-state index in [1.807, 2.05) is 37.4 Å². The summed E-state index contributed by atoms with van der Waals surface area (Å²) in [6.07, 6.45) is 17.8. The summed E-state index contributed by atoms with van der Waals surface area (Å²) < 4.78 is 6.15. The molecular weight excluding hydrogens is 819 g/mol. The number of nitrogens with zero attached hydrogens (tertiary/aromatic N) is 3. The maximum Gasteiger partial charge on any atom is 0.216 e. The summed E-state index contributed by atoms with van der Waals surface area (Å²) in [4.78, 5) is 14.0. The van der Waals surface area contributed by atoms with Crippen molar-refractivity contribution in [2.75, 3.05) is 0 Å². The van der Waals surface area contributed by atoms with Crippen LogP contribution in [0.1, 0.15) is 87.4 Å². The van der Waals surface area contributed by atoms with E-state index >= 15 is 0 Å². The summed E-state index contributed by atoms with van der Waals surface area (Å²) in [5, 5.41) is 3.66. The van der Waals surface area contributed by atoms with Gasteiger partial charge in [-0.1, -0.05) is 106 Å². The van der Waals surface area contributed by atoms with E-state index < -0.39 is 8.07 Å². The Balaban J connectivity index is 0.000000178. The molecule has 0 bridgehead atoms. The molecule has 2 aliphatic carbocycles. The number of aryl methyl sites for hydroxylation is 1. The van der Waals surface area contributed by atoms with Crippen molar-refractivity contribution in [2.45, 2.75) is 104 Å². The Labute approximate surface area is 319 Å². The number of aromatic nitrogens is 3. The van der Waals surface area contributed by atoms with Gasteiger partial charge in [0.15, 0.2) is 0 Å². The number of pyridine rings is 3. The topological polar surface area (TPSA) is 51.8 Å². The van der Waals surface area contributed by atoms with Gasteiger partial charge in [-0.05, 0) is 78.7 Å². The molecule has 6 aromatic rings. The molecule has 0 aliphatic heterocycles. The van der Waals surface area contributed by atoms with Gasteiger partial charge in [0.05, 0.1) is 13.7 Å². The van der Waals surface area contributed by atoms with E-state index in [1.165, 1.54) is 69.8 Å². The van der Waals surface area contributed by atoms with Gasteiger partial charge in [0, 0.05) is 43.6 Å². The zero-order valence-electron chi connectivity index (χ0n) is 30.9. The van der Waals surface area contributed by atoms with Crippen LogP contribution in [0.25, 0.3) is 44.6 Å². The summed E-state index contributed by atoms with van der Waals surface area (Å²) >= 11 is 0. The molecule has 0 saturated heterocycles. The van der Waals surface area contributed by atoms with Crippen molar-refractivity contribution in [3.8, 4) is 22.5 Å². The Hall–Kier alpha value is -3.44. The van der Waals surface area contributed by atoms with Crippen molar-refractivity contribution >= 4 is 35.3 Å². The summed E-state index contributed by atoms with van der Waals surface area (Å²) in [6.45, 7) is 11.6. The van der Waals surface area contributed by atoms with Gasteiger partial charge in [-0.3, -0.25) is 0 Å². The molecule has 51 heavy (non-hydrogen) atoms. The molecule has 6 heteroatoms. The summed E-state index contributed by atoms with van der Waals surface area (Å²) in [5.74, 6) is 2.22. The zero-order valence-corrected chi connectivity index (χ0v) is 34.3. The standard InChI is InChI=1S/C25H25N2O.C20H26NSi.Ir/c1-16-11-12-21-20-9-6-10-22(24(20)28-25(21)27-16)23-15-19(13-14-26-23)17(2)18-7-4-3-5-8-18;1-22(2,3)20-15-21-19(17-11-5-4-6-12-17)14-18(20)13-16-9-7-8-10-16;/h6,9,11-15,17-18H,3-5,7-8H2,1-2H3;4-6,11,14-16H,7-10,13H2,1-3H3;/q2*-1;. The maximum absolute atomic E-state index is 6.15. The molecule has 0 N–H and O–H groups in total. The molecular formula is C45H51IrN3OSi-2. The number of hydrogen-bond donors (Lipinski definition) is 0. The monoisotopic (exact) mass is 870 g/mol. The van der Waals surface area contributed by atoms with Crippen molar-refractivity contribution in [1.29, 1.82) is 0 Å². The second-order valence-electron chi connectivity index (χ2n) is 15.8. The Bertz CT molecular complexity index is 2060. The van der Waals surface area contributed by atoms with Crippen LogP contribution in [-0.2, 0) is 26.5 Å². The molecule has 8 rings (SSSR count). The first-order valence-corrected chi connectivity index (χ1v) is 22.4. The molecule has 267 valence electrons. The van der Waals surface area contributed by atoms with Gasteiger partial charge in [0.2, 0.25) is 5.71 Å². The van der Waals surface area contributed by atoms with Crippen LogP contribution in [0.3, 0.4) is 0 Å². The molecule has 2 saturated carbocycles. The molecule has 1 unspecified atom stereocenters. The van der Waals surface area contributed by atoms with E-state index in [2.05, 4.69) is 97.3 Å². The van der Waals surface area contributed by atoms with Crippen molar-refractivity contribution in [3.05, 3.63) is 108 Å². The van der Waals surface area contributed by atoms with E-state index in [-0.39, 0.29) is 20.1 Å². The quantitative estimate of drug-likeness (QED) is 0.118. The van der Waals surface area contributed by atoms with Crippen LogP contribution >= 0.6 is 0 Å². The molecule has 2 fully saturated rings. The third-order valence-electron chi connectivity index (χ3n) is 11.1. The van der Waals surface area contributed by atoms with Crippen LogP contribution in [0.2, 0.25) is 19.6 Å². The second kappa shape index (κ2) is 16.5. The molecule has 0 spiro atoms. The Kier molecular flexibility index (Phi) is 12.1. The molecule has 1 atom stereocenters. The second-order valence-corrected chi connectivity index (χ2v) is 20.8. The molecule has 4 heterocycles. The Morgan fingerprint density at radius 1 is 0.824 bits per heavy atom. The van der Waals surface area contributed by atoms with Crippen LogP contribution in [-0.4, -0.2) is 23.0 Å². The number of fused-ring (bicyclic) bond motifs is 3. The van der Waals surface area contributed by atoms with Crippen LogP contribution in [0, 0.1) is 30.9 Å². The van der Waals surface area contributed by atoms with Gasteiger partial charge >= 0.3 is 0 Å². The predicted octanol–water partition coefficient (Wildman–Crippen LogP) is 11.7. The minimum Gasteiger partial charge on any atom is -0.486 e. The molecule has 2 aliphatic rings. The first-order chi connectivity index (χ1) is 24.2. The fraction of sp³-hybridized carbons (Fsp3) is 0.400. The smallest absolute Gasteiger partial charge is 0.216 e. The first kappa shape index (κ1) is 37.3. The van der Waals surface area contributed by atoms with Crippen LogP contribution in [0.15, 0.2) is 83.5 Å². The van der Waals surface area contributed by atoms with Gasteiger partial charge in [-0.15, -0.1) is 54.1 Å². The molecule has 1 radical (unpaired) electrons. The van der Waals surface area contributed by atoms with Gasteiger partial charge in [0.1, 0.15) is 0 Å². The van der Waals surface area contributed by atoms with E-state index in [4.69, 9.17) is 9.40 Å². The van der Waals surface area contributed by atoms with Crippen LogP contribution in [0.4, 0.5) is 0 Å². The van der Waals surface area contributed by atoms with Crippen LogP contribution in [0.5, 0.6) is 0 Å². The van der Waals surface area contributed by atoms with E-state index in [1.54, 1.807) is 10.8 Å². The van der Waals surface area contributed by atoms with Gasteiger partial charge in [-0.25, -0.2) is 4.98 Å². The van der Waals surface area contributed by atoms with Gasteiger partial charge in [-0.2, -0.15) is 0 Å². The molecule has 4 nitrogen and oxygen atoms in total. The normalized spacial score (nSPS) is 16.1. The third kappa shape index (κ3) is 8.62.